The van der Waals surface area contributed by atoms with Gasteiger partial charge < -0.3 is 10.1 Å². The molecule has 100 valence electrons. The molecule has 0 radical (unpaired) electrons. The number of para-hydroxylation sites is 2. The van der Waals surface area contributed by atoms with E-state index in [1.54, 1.807) is 6.92 Å². The fourth-order valence-corrected chi connectivity index (χ4v) is 2.57. The van der Waals surface area contributed by atoms with Gasteiger partial charge in [0.2, 0.25) is 0 Å². The standard InChI is InChI=1S/C13H10N4O2S/c1-7-6-10(11(18)19)17-12(14-7)20-13-15-8-4-2-3-5-9(8)16-13/h2-6H,1H3,(H,15,16)(H,18,19). The second-order valence-electron chi connectivity index (χ2n) is 4.14. The Morgan fingerprint density at radius 3 is 2.80 bits per heavy atom. The molecule has 0 bridgehead atoms. The number of hydrogen-bond acceptors (Lipinski definition) is 5. The fraction of sp³-hybridized carbons (Fsp3) is 0.0769. The molecule has 0 atom stereocenters. The van der Waals surface area contributed by atoms with Crippen molar-refractivity contribution in [2.24, 2.45) is 0 Å². The molecule has 0 saturated carbocycles. The first-order valence-electron chi connectivity index (χ1n) is 5.83. The Kier molecular flexibility index (Phi) is 3.11. The summed E-state index contributed by atoms with van der Waals surface area (Å²) in [7, 11) is 0. The van der Waals surface area contributed by atoms with E-state index in [0.29, 0.717) is 16.0 Å². The molecule has 2 heterocycles. The molecule has 0 spiro atoms. The minimum absolute atomic E-state index is 0.0175. The molecule has 2 aromatic heterocycles. The maximum absolute atomic E-state index is 11.0. The fourth-order valence-electron chi connectivity index (χ4n) is 1.76. The Morgan fingerprint density at radius 1 is 1.25 bits per heavy atom. The number of benzene rings is 1. The number of H-pyrrole nitrogens is 1. The highest BCUT2D eigenvalue weighted by Crippen LogP contribution is 2.24. The molecule has 6 nitrogen and oxygen atoms in total. The summed E-state index contributed by atoms with van der Waals surface area (Å²) in [5.41, 5.74) is 2.36. The molecule has 3 rings (SSSR count). The summed E-state index contributed by atoms with van der Waals surface area (Å²) in [6.45, 7) is 1.73. The number of carbonyl (C=O) groups is 1. The van der Waals surface area contributed by atoms with Crippen molar-refractivity contribution in [3.63, 3.8) is 0 Å². The van der Waals surface area contributed by atoms with E-state index < -0.39 is 5.97 Å². The molecule has 1 aromatic carbocycles. The Balaban J connectivity index is 1.96. The largest absolute Gasteiger partial charge is 0.477 e. The van der Waals surface area contributed by atoms with Crippen LogP contribution in [0.4, 0.5) is 0 Å². The molecule has 0 aliphatic rings. The number of nitrogens with one attached hydrogen (secondary N) is 1. The van der Waals surface area contributed by atoms with Crippen LogP contribution >= 0.6 is 11.8 Å². The third-order valence-corrected chi connectivity index (χ3v) is 3.36. The minimum Gasteiger partial charge on any atom is -0.477 e. The third kappa shape index (κ3) is 2.48. The Morgan fingerprint density at radius 2 is 2.05 bits per heavy atom. The summed E-state index contributed by atoms with van der Waals surface area (Å²) >= 11 is 1.21. The second-order valence-corrected chi connectivity index (χ2v) is 5.10. The van der Waals surface area contributed by atoms with Crippen LogP contribution in [-0.2, 0) is 0 Å². The average Bonchev–Trinajstić information content (AvgIpc) is 2.79. The Hall–Kier alpha value is -2.41. The summed E-state index contributed by atoms with van der Waals surface area (Å²) in [5.74, 6) is -1.07. The second kappa shape index (κ2) is 4.93. The van der Waals surface area contributed by atoms with Gasteiger partial charge in [0.05, 0.1) is 11.0 Å². The van der Waals surface area contributed by atoms with Crippen LogP contribution in [0.5, 0.6) is 0 Å². The van der Waals surface area contributed by atoms with Crippen molar-refractivity contribution >= 4 is 28.8 Å². The number of carboxylic acid groups (broad SMARTS) is 1. The highest BCUT2D eigenvalue weighted by molar-refractivity contribution is 7.99. The molecule has 0 unspecified atom stereocenters. The Bertz CT molecular complexity index is 767. The summed E-state index contributed by atoms with van der Waals surface area (Å²) in [5, 5.41) is 9.99. The van der Waals surface area contributed by atoms with Gasteiger partial charge in [-0.1, -0.05) is 12.1 Å². The summed E-state index contributed by atoms with van der Waals surface area (Å²) in [6.07, 6.45) is 0. The van der Waals surface area contributed by atoms with Gasteiger partial charge in [0.15, 0.2) is 16.0 Å². The van der Waals surface area contributed by atoms with E-state index in [0.717, 1.165) is 11.0 Å². The first-order valence-corrected chi connectivity index (χ1v) is 6.65. The summed E-state index contributed by atoms with van der Waals surface area (Å²) in [6, 6.07) is 9.08. The topological polar surface area (TPSA) is 91.8 Å². The van der Waals surface area contributed by atoms with Crippen LogP contribution in [0.25, 0.3) is 11.0 Å². The van der Waals surface area contributed by atoms with Crippen molar-refractivity contribution in [3.8, 4) is 0 Å². The van der Waals surface area contributed by atoms with E-state index in [1.807, 2.05) is 24.3 Å². The number of aryl methyl sites for hydroxylation is 1. The maximum Gasteiger partial charge on any atom is 0.354 e. The van der Waals surface area contributed by atoms with Crippen LogP contribution in [0.1, 0.15) is 16.2 Å². The third-order valence-electron chi connectivity index (χ3n) is 2.61. The lowest BCUT2D eigenvalue weighted by Crippen LogP contribution is -2.03. The number of aromatic carboxylic acids is 1. The van der Waals surface area contributed by atoms with Gasteiger partial charge in [0.25, 0.3) is 0 Å². The molecular weight excluding hydrogens is 276 g/mol. The van der Waals surface area contributed by atoms with Crippen LogP contribution in [0, 0.1) is 6.92 Å². The van der Waals surface area contributed by atoms with Crippen molar-refractivity contribution in [2.75, 3.05) is 0 Å². The van der Waals surface area contributed by atoms with Gasteiger partial charge in [0, 0.05) is 5.69 Å². The molecule has 0 aliphatic heterocycles. The number of fused-ring (bicyclic) bond motifs is 1. The van der Waals surface area contributed by atoms with Gasteiger partial charge in [-0.3, -0.25) is 0 Å². The lowest BCUT2D eigenvalue weighted by atomic mass is 10.3. The molecule has 0 saturated heterocycles. The van der Waals surface area contributed by atoms with Gasteiger partial charge in [0.1, 0.15) is 0 Å². The molecule has 0 aliphatic carbocycles. The molecule has 2 N–H and O–H groups in total. The van der Waals surface area contributed by atoms with Crippen LogP contribution in [0.2, 0.25) is 0 Å². The van der Waals surface area contributed by atoms with Gasteiger partial charge in [-0.15, -0.1) is 0 Å². The average molecular weight is 286 g/mol. The van der Waals surface area contributed by atoms with Crippen LogP contribution in [-0.4, -0.2) is 31.0 Å². The molecule has 0 amide bonds. The van der Waals surface area contributed by atoms with E-state index in [9.17, 15) is 4.79 Å². The number of imidazole rings is 1. The zero-order chi connectivity index (χ0) is 14.1. The zero-order valence-electron chi connectivity index (χ0n) is 10.5. The first-order chi connectivity index (χ1) is 9.61. The maximum atomic E-state index is 11.0. The number of aromatic amines is 1. The van der Waals surface area contributed by atoms with Crippen molar-refractivity contribution in [1.29, 1.82) is 0 Å². The summed E-state index contributed by atoms with van der Waals surface area (Å²) < 4.78 is 0. The van der Waals surface area contributed by atoms with E-state index >= 15 is 0 Å². The molecule has 20 heavy (non-hydrogen) atoms. The van der Waals surface area contributed by atoms with Crippen LogP contribution < -0.4 is 0 Å². The highest BCUT2D eigenvalue weighted by Gasteiger charge is 2.11. The SMILES string of the molecule is Cc1cc(C(=O)O)nc(Sc2nc3ccccc3[nH]2)n1. The van der Waals surface area contributed by atoms with Gasteiger partial charge >= 0.3 is 5.97 Å². The van der Waals surface area contributed by atoms with Crippen molar-refractivity contribution < 1.29 is 9.90 Å². The van der Waals surface area contributed by atoms with Gasteiger partial charge in [-0.05, 0) is 36.9 Å². The smallest absolute Gasteiger partial charge is 0.354 e. The normalized spacial score (nSPS) is 10.8. The summed E-state index contributed by atoms with van der Waals surface area (Å²) in [4.78, 5) is 26.7. The minimum atomic E-state index is -1.07. The van der Waals surface area contributed by atoms with E-state index in [4.69, 9.17) is 5.11 Å². The van der Waals surface area contributed by atoms with Crippen molar-refractivity contribution in [3.05, 3.63) is 41.7 Å². The van der Waals surface area contributed by atoms with Gasteiger partial charge in [-0.25, -0.2) is 19.7 Å². The molecule has 0 fully saturated rings. The predicted molar refractivity (Wildman–Crippen MR) is 73.9 cm³/mol. The number of hydrogen-bond donors (Lipinski definition) is 2. The molecule has 7 heteroatoms. The lowest BCUT2D eigenvalue weighted by molar-refractivity contribution is 0.0689. The molecule has 3 aromatic rings. The van der Waals surface area contributed by atoms with Crippen molar-refractivity contribution in [2.45, 2.75) is 17.2 Å². The number of carboxylic acids is 1. The first kappa shape index (κ1) is 12.6. The van der Waals surface area contributed by atoms with E-state index in [2.05, 4.69) is 19.9 Å². The monoisotopic (exact) mass is 286 g/mol. The van der Waals surface area contributed by atoms with E-state index in [-0.39, 0.29) is 5.69 Å². The van der Waals surface area contributed by atoms with Crippen LogP contribution in [0.3, 0.4) is 0 Å². The van der Waals surface area contributed by atoms with E-state index in [1.165, 1.54) is 17.8 Å². The number of aromatic nitrogens is 4. The zero-order valence-corrected chi connectivity index (χ0v) is 11.3. The number of rotatable bonds is 3. The quantitative estimate of drug-likeness (QED) is 0.719. The molecular formula is C13H10N4O2S. The number of nitrogens with zero attached hydrogens (tertiary/aromatic N) is 3. The van der Waals surface area contributed by atoms with Gasteiger partial charge in [-0.2, -0.15) is 0 Å². The predicted octanol–water partition coefficient (Wildman–Crippen LogP) is 2.51. The highest BCUT2D eigenvalue weighted by atomic mass is 32.2. The lowest BCUT2D eigenvalue weighted by Gasteiger charge is -2.00. The Labute approximate surface area is 118 Å². The van der Waals surface area contributed by atoms with Crippen molar-refractivity contribution in [1.82, 2.24) is 19.9 Å². The van der Waals surface area contributed by atoms with Crippen LogP contribution in [0.15, 0.2) is 40.6 Å².